The molecular formula is C28H49NO4S. The maximum absolute atomic E-state index is 12.8. The zero-order chi connectivity index (χ0) is 24.9. The number of hydroxylamine groups is 1. The van der Waals surface area contributed by atoms with E-state index in [0.29, 0.717) is 6.42 Å². The zero-order valence-corrected chi connectivity index (χ0v) is 22.6. The minimum Gasteiger partial charge on any atom is -0.353 e. The van der Waals surface area contributed by atoms with E-state index in [1.165, 1.54) is 89.2 Å². The third-order valence-corrected chi connectivity index (χ3v) is 7.85. The summed E-state index contributed by atoms with van der Waals surface area (Å²) in [5.74, 6) is -0.467. The Morgan fingerprint density at radius 1 is 0.676 bits per heavy atom. The number of unbranched alkanes of at least 4 members (excludes halogenated alkanes) is 15. The number of hydrogen-bond donors (Lipinski definition) is 0. The van der Waals surface area contributed by atoms with Gasteiger partial charge in [-0.2, -0.15) is 0 Å². The lowest BCUT2D eigenvalue weighted by Crippen LogP contribution is -2.34. The molecule has 5 nitrogen and oxygen atoms in total. The van der Waals surface area contributed by atoms with Crippen molar-refractivity contribution in [2.75, 3.05) is 6.54 Å². The van der Waals surface area contributed by atoms with E-state index in [1.807, 2.05) is 6.92 Å². The van der Waals surface area contributed by atoms with Crippen LogP contribution in [-0.4, -0.2) is 25.4 Å². The van der Waals surface area contributed by atoms with Crippen LogP contribution in [0.3, 0.4) is 0 Å². The minimum absolute atomic E-state index is 0.144. The fourth-order valence-corrected chi connectivity index (χ4v) is 5.30. The van der Waals surface area contributed by atoms with Gasteiger partial charge in [0.05, 0.1) is 11.4 Å². The fourth-order valence-electron chi connectivity index (χ4n) is 4.01. The molecule has 0 atom stereocenters. The van der Waals surface area contributed by atoms with Crippen molar-refractivity contribution in [2.45, 2.75) is 134 Å². The van der Waals surface area contributed by atoms with Gasteiger partial charge < -0.3 is 4.84 Å². The van der Waals surface area contributed by atoms with E-state index in [9.17, 15) is 13.2 Å². The molecule has 0 amide bonds. The molecule has 0 fully saturated rings. The molecule has 0 radical (unpaired) electrons. The zero-order valence-electron chi connectivity index (χ0n) is 21.8. The Kier molecular flexibility index (Phi) is 17.9. The van der Waals surface area contributed by atoms with Crippen molar-refractivity contribution in [3.8, 4) is 0 Å². The number of nitrogens with zero attached hydrogens (tertiary/aromatic N) is 1. The van der Waals surface area contributed by atoms with Gasteiger partial charge in [-0.15, -0.1) is 0 Å². The second kappa shape index (κ2) is 19.9. The van der Waals surface area contributed by atoms with Crippen LogP contribution in [0, 0.1) is 0 Å². The second-order valence-electron chi connectivity index (χ2n) is 9.36. The molecule has 6 heteroatoms. The number of carbonyl (C=O) groups excluding carboxylic acids is 1. The van der Waals surface area contributed by atoms with Crippen molar-refractivity contribution >= 4 is 16.0 Å². The van der Waals surface area contributed by atoms with E-state index >= 15 is 0 Å². The number of benzene rings is 1. The van der Waals surface area contributed by atoms with Crippen LogP contribution < -0.4 is 0 Å². The van der Waals surface area contributed by atoms with Crippen molar-refractivity contribution in [3.05, 3.63) is 30.3 Å². The highest BCUT2D eigenvalue weighted by molar-refractivity contribution is 7.89. The highest BCUT2D eigenvalue weighted by Crippen LogP contribution is 2.18. The quantitative estimate of drug-likeness (QED) is 0.120. The van der Waals surface area contributed by atoms with Gasteiger partial charge in [0, 0.05) is 6.42 Å². The van der Waals surface area contributed by atoms with Crippen LogP contribution in [0.25, 0.3) is 0 Å². The Morgan fingerprint density at radius 3 is 1.59 bits per heavy atom. The van der Waals surface area contributed by atoms with Crippen LogP contribution >= 0.6 is 0 Å². The van der Waals surface area contributed by atoms with Crippen LogP contribution in [0.4, 0.5) is 0 Å². The summed E-state index contributed by atoms with van der Waals surface area (Å²) < 4.78 is 26.5. The van der Waals surface area contributed by atoms with Crippen LogP contribution in [0.5, 0.6) is 0 Å². The molecule has 0 aromatic heterocycles. The lowest BCUT2D eigenvalue weighted by atomic mass is 10.0. The molecule has 0 saturated carbocycles. The molecule has 1 rings (SSSR count). The van der Waals surface area contributed by atoms with Crippen molar-refractivity contribution in [3.63, 3.8) is 0 Å². The molecule has 0 bridgehead atoms. The van der Waals surface area contributed by atoms with Crippen molar-refractivity contribution in [1.29, 1.82) is 0 Å². The number of sulfonamides is 1. The normalized spacial score (nSPS) is 11.7. The lowest BCUT2D eigenvalue weighted by Gasteiger charge is -2.20. The van der Waals surface area contributed by atoms with Crippen molar-refractivity contribution in [2.24, 2.45) is 0 Å². The maximum Gasteiger partial charge on any atom is 0.326 e. The van der Waals surface area contributed by atoms with Crippen LogP contribution in [0.2, 0.25) is 0 Å². The summed E-state index contributed by atoms with van der Waals surface area (Å²) >= 11 is 0. The van der Waals surface area contributed by atoms with E-state index in [0.717, 1.165) is 30.2 Å². The van der Waals surface area contributed by atoms with Gasteiger partial charge in [0.15, 0.2) is 0 Å². The van der Waals surface area contributed by atoms with Gasteiger partial charge >= 0.3 is 5.97 Å². The Labute approximate surface area is 209 Å². The first-order chi connectivity index (χ1) is 16.5. The highest BCUT2D eigenvalue weighted by atomic mass is 32.2. The molecule has 0 heterocycles. The van der Waals surface area contributed by atoms with Gasteiger partial charge in [-0.1, -0.05) is 128 Å². The molecule has 0 saturated heterocycles. The summed E-state index contributed by atoms with van der Waals surface area (Å²) in [5.41, 5.74) is 0. The number of carbonyl (C=O) groups is 1. The maximum atomic E-state index is 12.8. The largest absolute Gasteiger partial charge is 0.353 e. The summed E-state index contributed by atoms with van der Waals surface area (Å²) in [5, 5.41) is 0. The first-order valence-electron chi connectivity index (χ1n) is 13.8. The van der Waals surface area contributed by atoms with Crippen molar-refractivity contribution in [1.82, 2.24) is 4.47 Å². The standard InChI is InChI=1S/C28H49NO4S/c1-3-5-7-8-9-10-11-12-13-14-15-16-17-18-22-25-28(30)33-29(26-6-4-2)34(31,32)27-23-20-19-21-24-27/h19-21,23-24H,3-18,22,25-26H2,1-2H3. The van der Waals surface area contributed by atoms with Crippen molar-refractivity contribution < 1.29 is 18.0 Å². The van der Waals surface area contributed by atoms with E-state index < -0.39 is 16.0 Å². The molecular weight excluding hydrogens is 446 g/mol. The summed E-state index contributed by atoms with van der Waals surface area (Å²) in [7, 11) is -3.84. The minimum atomic E-state index is -3.84. The third kappa shape index (κ3) is 14.1. The molecule has 34 heavy (non-hydrogen) atoms. The summed E-state index contributed by atoms with van der Waals surface area (Å²) in [6, 6.07) is 8.15. The molecule has 196 valence electrons. The fraction of sp³-hybridized carbons (Fsp3) is 0.750. The first kappa shape index (κ1) is 30.6. The topological polar surface area (TPSA) is 63.7 Å². The monoisotopic (exact) mass is 495 g/mol. The molecule has 0 aliphatic carbocycles. The predicted molar refractivity (Wildman–Crippen MR) is 141 cm³/mol. The molecule has 0 N–H and O–H groups in total. The Morgan fingerprint density at radius 2 is 1.12 bits per heavy atom. The molecule has 1 aromatic rings. The first-order valence-corrected chi connectivity index (χ1v) is 15.2. The second-order valence-corrected chi connectivity index (χ2v) is 11.2. The van der Waals surface area contributed by atoms with Gasteiger partial charge in [0.25, 0.3) is 10.0 Å². The SMILES string of the molecule is CCCCCCCCCCCCCCCCCC(=O)ON(CCCC)S(=O)(=O)c1ccccc1. The van der Waals surface area contributed by atoms with Crippen LogP contribution in [-0.2, 0) is 19.7 Å². The van der Waals surface area contributed by atoms with Gasteiger partial charge in [0.1, 0.15) is 0 Å². The molecule has 0 aliphatic heterocycles. The van der Waals surface area contributed by atoms with E-state index in [1.54, 1.807) is 18.2 Å². The molecule has 0 aliphatic rings. The van der Waals surface area contributed by atoms with E-state index in [-0.39, 0.29) is 17.9 Å². The molecule has 1 aromatic carbocycles. The highest BCUT2D eigenvalue weighted by Gasteiger charge is 2.27. The average molecular weight is 496 g/mol. The predicted octanol–water partition coefficient (Wildman–Crippen LogP) is 8.20. The summed E-state index contributed by atoms with van der Waals surface area (Å²) in [4.78, 5) is 17.7. The van der Waals surface area contributed by atoms with Gasteiger partial charge in [-0.3, -0.25) is 4.79 Å². The molecule has 0 spiro atoms. The number of rotatable bonds is 22. The Bertz CT molecular complexity index is 721. The summed E-state index contributed by atoms with van der Waals surface area (Å²) in [6.45, 7) is 4.42. The van der Waals surface area contributed by atoms with E-state index in [2.05, 4.69) is 6.92 Å². The Balaban J connectivity index is 2.13. The summed E-state index contributed by atoms with van der Waals surface area (Å²) in [6.07, 6.45) is 20.7. The van der Waals surface area contributed by atoms with Gasteiger partial charge in [-0.05, 0) is 29.4 Å². The number of hydrogen-bond acceptors (Lipinski definition) is 4. The van der Waals surface area contributed by atoms with Gasteiger partial charge in [0.2, 0.25) is 0 Å². The Hall–Kier alpha value is -1.40. The van der Waals surface area contributed by atoms with Gasteiger partial charge in [-0.25, -0.2) is 8.42 Å². The molecule has 0 unspecified atom stereocenters. The van der Waals surface area contributed by atoms with E-state index in [4.69, 9.17) is 4.84 Å². The lowest BCUT2D eigenvalue weighted by molar-refractivity contribution is -0.169. The van der Waals surface area contributed by atoms with Crippen LogP contribution in [0.15, 0.2) is 35.2 Å². The van der Waals surface area contributed by atoms with Crippen LogP contribution in [0.1, 0.15) is 129 Å². The smallest absolute Gasteiger partial charge is 0.326 e. The third-order valence-electron chi connectivity index (χ3n) is 6.19. The average Bonchev–Trinajstić information content (AvgIpc) is 2.84.